The fraction of sp³-hybridized carbons (Fsp3) is 0.250. The fourth-order valence-corrected chi connectivity index (χ4v) is 2.97. The maximum atomic E-state index is 4.49. The molecule has 0 fully saturated rings. The van der Waals surface area contributed by atoms with Crippen molar-refractivity contribution in [1.82, 2.24) is 9.78 Å². The van der Waals surface area contributed by atoms with Crippen molar-refractivity contribution in [2.45, 2.75) is 13.3 Å². The maximum absolute atomic E-state index is 4.49. The van der Waals surface area contributed by atoms with Crippen LogP contribution in [0.25, 0.3) is 11.3 Å². The summed E-state index contributed by atoms with van der Waals surface area (Å²) < 4.78 is 4.09. The Bertz CT molecular complexity index is 518. The van der Waals surface area contributed by atoms with E-state index in [2.05, 4.69) is 56.0 Å². The van der Waals surface area contributed by atoms with E-state index in [9.17, 15) is 0 Å². The van der Waals surface area contributed by atoms with Gasteiger partial charge in [0.25, 0.3) is 0 Å². The van der Waals surface area contributed by atoms with Crippen molar-refractivity contribution in [3.05, 3.63) is 38.9 Å². The normalized spacial score (nSPS) is 10.8. The Hall–Kier alpha value is -0.610. The molecule has 1 heterocycles. The molecule has 0 bridgehead atoms. The first-order valence-corrected chi connectivity index (χ1v) is 6.69. The number of benzene rings is 1. The minimum atomic E-state index is 0.933. The summed E-state index contributed by atoms with van der Waals surface area (Å²) in [6.45, 7) is 2.11. The molecule has 0 saturated heterocycles. The summed E-state index contributed by atoms with van der Waals surface area (Å²) >= 11 is 7.11. The topological polar surface area (TPSA) is 17.8 Å². The predicted molar refractivity (Wildman–Crippen MR) is 73.4 cm³/mol. The molecule has 1 aromatic carbocycles. The second-order valence-corrected chi connectivity index (χ2v) is 5.31. The van der Waals surface area contributed by atoms with E-state index >= 15 is 0 Å². The van der Waals surface area contributed by atoms with Crippen molar-refractivity contribution in [3.63, 3.8) is 0 Å². The van der Waals surface area contributed by atoms with Crippen LogP contribution >= 0.6 is 31.9 Å². The summed E-state index contributed by atoms with van der Waals surface area (Å²) in [6.07, 6.45) is 0.933. The molecule has 0 spiro atoms. The second-order valence-electron chi connectivity index (χ2n) is 3.60. The minimum Gasteiger partial charge on any atom is -0.266 e. The Morgan fingerprint density at radius 1 is 1.31 bits per heavy atom. The summed E-state index contributed by atoms with van der Waals surface area (Å²) in [4.78, 5) is 0. The molecule has 0 amide bonds. The summed E-state index contributed by atoms with van der Waals surface area (Å²) in [5.41, 5.74) is 3.38. The summed E-state index contributed by atoms with van der Waals surface area (Å²) in [5.74, 6) is 0. The number of aromatic nitrogens is 2. The monoisotopic (exact) mass is 342 g/mol. The molecular formula is C12H12Br2N2. The van der Waals surface area contributed by atoms with Crippen LogP contribution in [0.15, 0.2) is 33.2 Å². The molecule has 2 rings (SSSR count). The lowest BCUT2D eigenvalue weighted by molar-refractivity contribution is 0.753. The molecule has 0 saturated carbocycles. The molecule has 2 aromatic rings. The maximum Gasteiger partial charge on any atom is 0.0824 e. The van der Waals surface area contributed by atoms with Crippen LogP contribution in [0.2, 0.25) is 0 Å². The highest BCUT2D eigenvalue weighted by Crippen LogP contribution is 2.32. The zero-order valence-electron chi connectivity index (χ0n) is 9.17. The molecule has 2 nitrogen and oxygen atoms in total. The van der Waals surface area contributed by atoms with Gasteiger partial charge in [0.1, 0.15) is 0 Å². The first-order chi connectivity index (χ1) is 7.63. The average Bonchev–Trinajstić information content (AvgIpc) is 2.53. The second kappa shape index (κ2) is 4.72. The van der Waals surface area contributed by atoms with Crippen molar-refractivity contribution in [2.24, 2.45) is 7.05 Å². The lowest BCUT2D eigenvalue weighted by Crippen LogP contribution is -1.94. The van der Waals surface area contributed by atoms with Gasteiger partial charge in [-0.15, -0.1) is 0 Å². The van der Waals surface area contributed by atoms with Gasteiger partial charge in [-0.2, -0.15) is 5.10 Å². The van der Waals surface area contributed by atoms with Gasteiger partial charge in [0.15, 0.2) is 0 Å². The van der Waals surface area contributed by atoms with Crippen LogP contribution in [0, 0.1) is 0 Å². The van der Waals surface area contributed by atoms with Crippen molar-refractivity contribution in [1.29, 1.82) is 0 Å². The Morgan fingerprint density at radius 2 is 2.06 bits per heavy atom. The Kier molecular flexibility index (Phi) is 3.50. The lowest BCUT2D eigenvalue weighted by Gasteiger charge is -2.03. The Balaban J connectivity index is 2.60. The van der Waals surface area contributed by atoms with Crippen LogP contribution in [-0.2, 0) is 13.5 Å². The van der Waals surface area contributed by atoms with E-state index in [0.29, 0.717) is 0 Å². The van der Waals surface area contributed by atoms with Crippen molar-refractivity contribution in [3.8, 4) is 11.3 Å². The van der Waals surface area contributed by atoms with Gasteiger partial charge < -0.3 is 0 Å². The Morgan fingerprint density at radius 3 is 2.62 bits per heavy atom. The van der Waals surface area contributed by atoms with Gasteiger partial charge in [-0.3, -0.25) is 4.68 Å². The zero-order chi connectivity index (χ0) is 11.7. The van der Waals surface area contributed by atoms with E-state index in [0.717, 1.165) is 32.3 Å². The molecular weight excluding hydrogens is 332 g/mol. The highest BCUT2D eigenvalue weighted by molar-refractivity contribution is 9.11. The number of rotatable bonds is 2. The van der Waals surface area contributed by atoms with E-state index in [1.807, 2.05) is 23.9 Å². The summed E-state index contributed by atoms with van der Waals surface area (Å²) in [5, 5.41) is 4.49. The van der Waals surface area contributed by atoms with Crippen LogP contribution < -0.4 is 0 Å². The Labute approximate surface area is 112 Å². The third-order valence-corrected chi connectivity index (χ3v) is 3.82. The lowest BCUT2D eigenvalue weighted by atomic mass is 10.1. The number of nitrogens with zero attached hydrogens (tertiary/aromatic N) is 2. The van der Waals surface area contributed by atoms with Crippen molar-refractivity contribution in [2.75, 3.05) is 0 Å². The van der Waals surface area contributed by atoms with Crippen LogP contribution in [0.3, 0.4) is 0 Å². The average molecular weight is 344 g/mol. The number of halogens is 2. The third kappa shape index (κ3) is 2.09. The van der Waals surface area contributed by atoms with Gasteiger partial charge in [-0.25, -0.2) is 0 Å². The molecule has 0 aliphatic rings. The van der Waals surface area contributed by atoms with Gasteiger partial charge in [0.2, 0.25) is 0 Å². The van der Waals surface area contributed by atoms with Gasteiger partial charge in [-0.05, 0) is 34.5 Å². The molecule has 1 aromatic heterocycles. The molecule has 16 heavy (non-hydrogen) atoms. The van der Waals surface area contributed by atoms with E-state index < -0.39 is 0 Å². The molecule has 0 atom stereocenters. The minimum absolute atomic E-state index is 0.933. The molecule has 0 aliphatic carbocycles. The highest BCUT2D eigenvalue weighted by atomic mass is 79.9. The van der Waals surface area contributed by atoms with Gasteiger partial charge in [0.05, 0.1) is 15.9 Å². The first kappa shape index (κ1) is 11.9. The fourth-order valence-electron chi connectivity index (χ4n) is 1.73. The van der Waals surface area contributed by atoms with Crippen LogP contribution in [-0.4, -0.2) is 9.78 Å². The van der Waals surface area contributed by atoms with E-state index in [4.69, 9.17) is 0 Å². The summed E-state index contributed by atoms with van der Waals surface area (Å²) in [6, 6.07) is 8.24. The van der Waals surface area contributed by atoms with Crippen molar-refractivity contribution >= 4 is 31.9 Å². The quantitative estimate of drug-likeness (QED) is 0.800. The third-order valence-electron chi connectivity index (χ3n) is 2.49. The summed E-state index contributed by atoms with van der Waals surface area (Å²) in [7, 11) is 1.97. The largest absolute Gasteiger partial charge is 0.266 e. The van der Waals surface area contributed by atoms with Crippen LogP contribution in [0.5, 0.6) is 0 Å². The number of hydrogen-bond donors (Lipinski definition) is 0. The number of aryl methyl sites for hydroxylation is 2. The van der Waals surface area contributed by atoms with E-state index in [1.54, 1.807) is 0 Å². The molecule has 0 radical (unpaired) electrons. The van der Waals surface area contributed by atoms with Crippen LogP contribution in [0.4, 0.5) is 0 Å². The SMILES string of the molecule is CCc1nn(C)c(-c2cccc(Br)c2)c1Br. The molecule has 84 valence electrons. The van der Waals surface area contributed by atoms with Gasteiger partial charge >= 0.3 is 0 Å². The molecule has 4 heteroatoms. The predicted octanol–water partition coefficient (Wildman–Crippen LogP) is 4.17. The number of hydrogen-bond acceptors (Lipinski definition) is 1. The first-order valence-electron chi connectivity index (χ1n) is 5.10. The zero-order valence-corrected chi connectivity index (χ0v) is 12.3. The smallest absolute Gasteiger partial charge is 0.0824 e. The molecule has 0 unspecified atom stereocenters. The van der Waals surface area contributed by atoms with E-state index in [1.165, 1.54) is 0 Å². The highest BCUT2D eigenvalue weighted by Gasteiger charge is 2.14. The van der Waals surface area contributed by atoms with Gasteiger partial charge in [0, 0.05) is 17.1 Å². The van der Waals surface area contributed by atoms with Gasteiger partial charge in [-0.1, -0.05) is 35.0 Å². The molecule has 0 N–H and O–H groups in total. The standard InChI is InChI=1S/C12H12Br2N2/c1-3-10-11(14)12(16(2)15-10)8-5-4-6-9(13)7-8/h4-7H,3H2,1-2H3. The van der Waals surface area contributed by atoms with Crippen molar-refractivity contribution < 1.29 is 0 Å². The van der Waals surface area contributed by atoms with Crippen LogP contribution in [0.1, 0.15) is 12.6 Å². The molecule has 0 aliphatic heterocycles. The van der Waals surface area contributed by atoms with E-state index in [-0.39, 0.29) is 0 Å².